The van der Waals surface area contributed by atoms with Crippen LogP contribution in [0.3, 0.4) is 0 Å². The number of benzene rings is 1. The fraction of sp³-hybridized carbons (Fsp3) is 0.182. The zero-order valence-electron chi connectivity index (χ0n) is 8.21. The highest BCUT2D eigenvalue weighted by Gasteiger charge is 2.27. The number of hydrogen-bond acceptors (Lipinski definition) is 1. The first-order valence-electron chi connectivity index (χ1n) is 4.38. The van der Waals surface area contributed by atoms with Crippen molar-refractivity contribution in [3.63, 3.8) is 0 Å². The molecule has 0 radical (unpaired) electrons. The molecule has 0 amide bonds. The Hall–Kier alpha value is -1.78. The number of carboxylic acids is 1. The van der Waals surface area contributed by atoms with E-state index in [4.69, 9.17) is 5.11 Å². The molecule has 1 aromatic rings. The Kier molecular flexibility index (Phi) is 3.37. The van der Waals surface area contributed by atoms with Crippen LogP contribution in [0.2, 0.25) is 0 Å². The molecule has 16 heavy (non-hydrogen) atoms. The third kappa shape index (κ3) is 3.42. The highest BCUT2D eigenvalue weighted by molar-refractivity contribution is 6.14. The lowest BCUT2D eigenvalue weighted by Gasteiger charge is -2.07. The first kappa shape index (κ1) is 12.3. The summed E-state index contributed by atoms with van der Waals surface area (Å²) in [5.41, 5.74) is 0.256. The van der Waals surface area contributed by atoms with Gasteiger partial charge in [-0.15, -0.1) is 0 Å². The highest BCUT2D eigenvalue weighted by Crippen LogP contribution is 2.22. The molecule has 0 fully saturated rings. The minimum absolute atomic E-state index is 0.0921. The Balaban J connectivity index is 2.84. The molecule has 0 heterocycles. The van der Waals surface area contributed by atoms with Crippen molar-refractivity contribution in [1.82, 2.24) is 0 Å². The molecule has 1 N–H and O–H groups in total. The topological polar surface area (TPSA) is 37.3 Å². The van der Waals surface area contributed by atoms with Crippen LogP contribution in [0.25, 0.3) is 5.57 Å². The summed E-state index contributed by atoms with van der Waals surface area (Å²) < 4.78 is 36.1. The molecule has 2 nitrogen and oxygen atoms in total. The number of halogens is 3. The van der Waals surface area contributed by atoms with Crippen LogP contribution in [0, 0.1) is 0 Å². The van der Waals surface area contributed by atoms with Crippen LogP contribution in [0.15, 0.2) is 30.8 Å². The molecule has 0 aliphatic rings. The van der Waals surface area contributed by atoms with Gasteiger partial charge in [-0.2, -0.15) is 13.2 Å². The van der Waals surface area contributed by atoms with E-state index in [1.165, 1.54) is 24.3 Å². The van der Waals surface area contributed by atoms with Gasteiger partial charge in [0.2, 0.25) is 0 Å². The van der Waals surface area contributed by atoms with Crippen LogP contribution in [0.1, 0.15) is 11.1 Å². The minimum Gasteiger partial charge on any atom is -0.478 e. The molecule has 0 spiro atoms. The lowest BCUT2D eigenvalue weighted by molar-refractivity contribution is -0.130. The second-order valence-corrected chi connectivity index (χ2v) is 3.27. The first-order chi connectivity index (χ1) is 7.29. The van der Waals surface area contributed by atoms with Crippen LogP contribution < -0.4 is 0 Å². The van der Waals surface area contributed by atoms with Gasteiger partial charge in [0, 0.05) is 0 Å². The average Bonchev–Trinajstić information content (AvgIpc) is 2.15. The van der Waals surface area contributed by atoms with E-state index in [0.717, 1.165) is 0 Å². The van der Waals surface area contributed by atoms with Gasteiger partial charge in [-0.05, 0) is 11.1 Å². The van der Waals surface area contributed by atoms with Crippen LogP contribution >= 0.6 is 0 Å². The average molecular weight is 230 g/mol. The van der Waals surface area contributed by atoms with Crippen LogP contribution in [-0.2, 0) is 11.2 Å². The lowest BCUT2D eigenvalue weighted by Crippen LogP contribution is -2.11. The number of hydrogen-bond donors (Lipinski definition) is 1. The molecule has 0 aliphatic heterocycles. The minimum atomic E-state index is -4.26. The largest absolute Gasteiger partial charge is 0.478 e. The van der Waals surface area contributed by atoms with Crippen molar-refractivity contribution in [3.8, 4) is 0 Å². The SMILES string of the molecule is C=C(C(=O)O)c1ccc(CC(F)(F)F)cc1. The molecule has 86 valence electrons. The van der Waals surface area contributed by atoms with Gasteiger partial charge < -0.3 is 5.11 Å². The molecule has 1 rings (SSSR count). The van der Waals surface area contributed by atoms with E-state index in [9.17, 15) is 18.0 Å². The molecular formula is C11H9F3O2. The molecule has 0 unspecified atom stereocenters. The number of aliphatic carboxylic acids is 1. The van der Waals surface area contributed by atoms with Crippen molar-refractivity contribution in [3.05, 3.63) is 42.0 Å². The molecule has 0 aliphatic carbocycles. The summed E-state index contributed by atoms with van der Waals surface area (Å²) in [5.74, 6) is -1.19. The van der Waals surface area contributed by atoms with E-state index in [2.05, 4.69) is 6.58 Å². The molecule has 0 atom stereocenters. The van der Waals surface area contributed by atoms with Crippen molar-refractivity contribution in [2.75, 3.05) is 0 Å². The van der Waals surface area contributed by atoms with Crippen LogP contribution in [0.5, 0.6) is 0 Å². The number of carboxylic acid groups (broad SMARTS) is 1. The summed E-state index contributed by atoms with van der Waals surface area (Å²) in [6.07, 6.45) is -5.28. The summed E-state index contributed by atoms with van der Waals surface area (Å²) >= 11 is 0. The predicted molar refractivity (Wildman–Crippen MR) is 52.9 cm³/mol. The molecule has 0 bridgehead atoms. The molecule has 1 aromatic carbocycles. The molecular weight excluding hydrogens is 221 g/mol. The van der Waals surface area contributed by atoms with Crippen molar-refractivity contribution in [2.24, 2.45) is 0 Å². The Morgan fingerprint density at radius 2 is 1.75 bits per heavy atom. The van der Waals surface area contributed by atoms with E-state index in [1.807, 2.05) is 0 Å². The Morgan fingerprint density at radius 3 is 2.12 bits per heavy atom. The maximum absolute atomic E-state index is 12.0. The quantitative estimate of drug-likeness (QED) is 0.810. The van der Waals surface area contributed by atoms with Gasteiger partial charge in [0.15, 0.2) is 0 Å². The number of alkyl halides is 3. The Bertz CT molecular complexity index is 404. The van der Waals surface area contributed by atoms with Gasteiger partial charge in [-0.1, -0.05) is 30.8 Å². The van der Waals surface area contributed by atoms with E-state index in [1.54, 1.807) is 0 Å². The summed E-state index contributed by atoms with van der Waals surface area (Å²) in [7, 11) is 0. The van der Waals surface area contributed by atoms with Gasteiger partial charge in [0.05, 0.1) is 12.0 Å². The fourth-order valence-corrected chi connectivity index (χ4v) is 1.18. The van der Waals surface area contributed by atoms with Crippen LogP contribution in [0.4, 0.5) is 13.2 Å². The summed E-state index contributed by atoms with van der Waals surface area (Å²) in [6.45, 7) is 3.31. The fourth-order valence-electron chi connectivity index (χ4n) is 1.18. The maximum atomic E-state index is 12.0. The maximum Gasteiger partial charge on any atom is 0.393 e. The Morgan fingerprint density at radius 1 is 1.25 bits per heavy atom. The molecule has 0 saturated heterocycles. The number of rotatable bonds is 3. The van der Waals surface area contributed by atoms with Gasteiger partial charge in [-0.3, -0.25) is 0 Å². The molecule has 0 saturated carbocycles. The molecule has 0 aromatic heterocycles. The second kappa shape index (κ2) is 4.38. The van der Waals surface area contributed by atoms with E-state index < -0.39 is 18.6 Å². The van der Waals surface area contributed by atoms with Crippen molar-refractivity contribution in [1.29, 1.82) is 0 Å². The third-order valence-corrected chi connectivity index (χ3v) is 1.97. The van der Waals surface area contributed by atoms with Gasteiger partial charge in [0.25, 0.3) is 0 Å². The predicted octanol–water partition coefficient (Wildman–Crippen LogP) is 2.89. The van der Waals surface area contributed by atoms with E-state index in [0.29, 0.717) is 5.56 Å². The van der Waals surface area contributed by atoms with Crippen molar-refractivity contribution in [2.45, 2.75) is 12.6 Å². The standard InChI is InChI=1S/C11H9F3O2/c1-7(10(15)16)9-4-2-8(3-5-9)6-11(12,13)14/h2-5H,1,6H2,(H,15,16). The van der Waals surface area contributed by atoms with Gasteiger partial charge >= 0.3 is 12.1 Å². The third-order valence-electron chi connectivity index (χ3n) is 1.97. The smallest absolute Gasteiger partial charge is 0.393 e. The zero-order valence-corrected chi connectivity index (χ0v) is 8.21. The van der Waals surface area contributed by atoms with Crippen molar-refractivity contribution >= 4 is 11.5 Å². The van der Waals surface area contributed by atoms with Crippen LogP contribution in [-0.4, -0.2) is 17.3 Å². The van der Waals surface area contributed by atoms with Crippen molar-refractivity contribution < 1.29 is 23.1 Å². The summed E-state index contributed by atoms with van der Waals surface area (Å²) in [6, 6.07) is 5.13. The zero-order chi connectivity index (χ0) is 12.3. The van der Waals surface area contributed by atoms with E-state index in [-0.39, 0.29) is 11.1 Å². The van der Waals surface area contributed by atoms with Gasteiger partial charge in [0.1, 0.15) is 0 Å². The lowest BCUT2D eigenvalue weighted by atomic mass is 10.0. The van der Waals surface area contributed by atoms with Gasteiger partial charge in [-0.25, -0.2) is 4.79 Å². The summed E-state index contributed by atoms with van der Waals surface area (Å²) in [4.78, 5) is 10.5. The monoisotopic (exact) mass is 230 g/mol. The van der Waals surface area contributed by atoms with E-state index >= 15 is 0 Å². The highest BCUT2D eigenvalue weighted by atomic mass is 19.4. The Labute approximate surface area is 90.0 Å². The number of carbonyl (C=O) groups is 1. The second-order valence-electron chi connectivity index (χ2n) is 3.27. The molecule has 5 heteroatoms. The first-order valence-corrected chi connectivity index (χ1v) is 4.38. The summed E-state index contributed by atoms with van der Waals surface area (Å²) in [5, 5.41) is 8.61. The normalized spacial score (nSPS) is 11.2.